The van der Waals surface area contributed by atoms with Crippen molar-refractivity contribution in [3.8, 4) is 17.2 Å². The SMILES string of the molecule is COc1ccc(CNC(=O)C2CCCN2S(=O)(=O)c2ccc(OC)c(OC)c2)cc1. The normalized spacial score (nSPS) is 16.8. The number of hydrogen-bond acceptors (Lipinski definition) is 6. The number of methoxy groups -OCH3 is 3. The van der Waals surface area contributed by atoms with Gasteiger partial charge in [-0.25, -0.2) is 8.42 Å². The Bertz CT molecular complexity index is 991. The van der Waals surface area contributed by atoms with Gasteiger partial charge in [0.2, 0.25) is 15.9 Å². The first-order valence-electron chi connectivity index (χ1n) is 9.55. The van der Waals surface area contributed by atoms with Crippen molar-refractivity contribution in [3.63, 3.8) is 0 Å². The highest BCUT2D eigenvalue weighted by atomic mass is 32.2. The van der Waals surface area contributed by atoms with Crippen LogP contribution < -0.4 is 19.5 Å². The molecule has 0 spiro atoms. The van der Waals surface area contributed by atoms with Gasteiger partial charge in [-0.05, 0) is 42.7 Å². The highest BCUT2D eigenvalue weighted by molar-refractivity contribution is 7.89. The van der Waals surface area contributed by atoms with E-state index in [1.54, 1.807) is 13.2 Å². The predicted octanol–water partition coefficient (Wildman–Crippen LogP) is 2.18. The van der Waals surface area contributed by atoms with E-state index in [9.17, 15) is 13.2 Å². The summed E-state index contributed by atoms with van der Waals surface area (Å²) in [5, 5.41) is 2.84. The summed E-state index contributed by atoms with van der Waals surface area (Å²) in [5.41, 5.74) is 0.899. The number of carbonyl (C=O) groups excluding carboxylic acids is 1. The average molecular weight is 435 g/mol. The van der Waals surface area contributed by atoms with Gasteiger partial charge in [-0.15, -0.1) is 0 Å². The zero-order valence-electron chi connectivity index (χ0n) is 17.3. The van der Waals surface area contributed by atoms with Crippen molar-refractivity contribution in [2.75, 3.05) is 27.9 Å². The Kier molecular flexibility index (Phi) is 6.84. The van der Waals surface area contributed by atoms with E-state index in [0.717, 1.165) is 11.3 Å². The molecule has 9 heteroatoms. The lowest BCUT2D eigenvalue weighted by atomic mass is 10.2. The summed E-state index contributed by atoms with van der Waals surface area (Å²) in [4.78, 5) is 12.8. The lowest BCUT2D eigenvalue weighted by Crippen LogP contribution is -2.45. The number of nitrogens with zero attached hydrogens (tertiary/aromatic N) is 1. The highest BCUT2D eigenvalue weighted by Crippen LogP contribution is 2.33. The van der Waals surface area contributed by atoms with Crippen molar-refractivity contribution in [2.45, 2.75) is 30.3 Å². The Morgan fingerprint density at radius 2 is 1.73 bits per heavy atom. The minimum atomic E-state index is -3.86. The maximum Gasteiger partial charge on any atom is 0.243 e. The van der Waals surface area contributed by atoms with Crippen molar-refractivity contribution in [2.24, 2.45) is 0 Å². The molecule has 2 aromatic carbocycles. The zero-order chi connectivity index (χ0) is 21.7. The molecule has 1 aliphatic heterocycles. The summed E-state index contributed by atoms with van der Waals surface area (Å²) in [6.45, 7) is 0.598. The number of ether oxygens (including phenoxy) is 3. The van der Waals surface area contributed by atoms with Gasteiger partial charge in [-0.1, -0.05) is 12.1 Å². The minimum absolute atomic E-state index is 0.0648. The molecular formula is C21H26N2O6S. The minimum Gasteiger partial charge on any atom is -0.497 e. The maximum atomic E-state index is 13.2. The molecule has 30 heavy (non-hydrogen) atoms. The van der Waals surface area contributed by atoms with Crippen LogP contribution >= 0.6 is 0 Å². The third-order valence-electron chi connectivity index (χ3n) is 5.09. The number of rotatable bonds is 8. The number of nitrogens with one attached hydrogen (secondary N) is 1. The first-order valence-corrected chi connectivity index (χ1v) is 11.0. The van der Waals surface area contributed by atoms with Crippen LogP contribution in [-0.2, 0) is 21.4 Å². The molecule has 3 rings (SSSR count). The van der Waals surface area contributed by atoms with E-state index in [1.807, 2.05) is 24.3 Å². The average Bonchev–Trinajstić information content (AvgIpc) is 3.28. The summed E-state index contributed by atoms with van der Waals surface area (Å²) >= 11 is 0. The lowest BCUT2D eigenvalue weighted by Gasteiger charge is -2.24. The molecule has 8 nitrogen and oxygen atoms in total. The third kappa shape index (κ3) is 4.52. The van der Waals surface area contributed by atoms with Gasteiger partial charge in [0.15, 0.2) is 11.5 Å². The molecule has 1 amide bonds. The van der Waals surface area contributed by atoms with Gasteiger partial charge in [0, 0.05) is 19.2 Å². The zero-order valence-corrected chi connectivity index (χ0v) is 18.1. The number of sulfonamides is 1. The maximum absolute atomic E-state index is 13.2. The molecule has 1 unspecified atom stereocenters. The molecule has 1 heterocycles. The van der Waals surface area contributed by atoms with Crippen LogP contribution in [0.4, 0.5) is 0 Å². The van der Waals surface area contributed by atoms with Crippen molar-refractivity contribution in [1.82, 2.24) is 9.62 Å². The molecule has 0 bridgehead atoms. The van der Waals surface area contributed by atoms with Crippen LogP contribution in [0, 0.1) is 0 Å². The molecule has 0 saturated carbocycles. The molecule has 1 aliphatic rings. The second-order valence-corrected chi connectivity index (χ2v) is 8.75. The van der Waals surface area contributed by atoms with Gasteiger partial charge in [0.05, 0.1) is 26.2 Å². The molecule has 2 aromatic rings. The summed E-state index contributed by atoms with van der Waals surface area (Å²) < 4.78 is 43.2. The first-order chi connectivity index (χ1) is 14.4. The van der Waals surface area contributed by atoms with E-state index in [0.29, 0.717) is 30.9 Å². The fourth-order valence-electron chi connectivity index (χ4n) is 3.45. The smallest absolute Gasteiger partial charge is 0.243 e. The Morgan fingerprint density at radius 1 is 1.03 bits per heavy atom. The van der Waals surface area contributed by atoms with E-state index in [-0.39, 0.29) is 17.3 Å². The summed E-state index contributed by atoms with van der Waals surface area (Å²) in [6.07, 6.45) is 1.09. The standard InChI is InChI=1S/C21H26N2O6S/c1-27-16-8-6-15(7-9-16)14-22-21(24)18-5-4-12-23(18)30(25,26)17-10-11-19(28-2)20(13-17)29-3/h6-11,13,18H,4-5,12,14H2,1-3H3,(H,22,24). The number of benzene rings is 2. The number of amides is 1. The van der Waals surface area contributed by atoms with E-state index in [2.05, 4.69) is 5.32 Å². The van der Waals surface area contributed by atoms with Crippen molar-refractivity contribution in [3.05, 3.63) is 48.0 Å². The van der Waals surface area contributed by atoms with Crippen LogP contribution in [0.1, 0.15) is 18.4 Å². The summed E-state index contributed by atoms with van der Waals surface area (Å²) in [6, 6.07) is 11.0. The van der Waals surface area contributed by atoms with Crippen molar-refractivity contribution >= 4 is 15.9 Å². The van der Waals surface area contributed by atoms with Crippen LogP contribution in [0.5, 0.6) is 17.2 Å². The largest absolute Gasteiger partial charge is 0.497 e. The van der Waals surface area contributed by atoms with Gasteiger partial charge in [0.1, 0.15) is 11.8 Å². The molecule has 1 fully saturated rings. The first kappa shape index (κ1) is 21.9. The molecular weight excluding hydrogens is 408 g/mol. The van der Waals surface area contributed by atoms with Gasteiger partial charge < -0.3 is 19.5 Å². The molecule has 0 radical (unpaired) electrons. The molecule has 1 saturated heterocycles. The van der Waals surface area contributed by atoms with Crippen molar-refractivity contribution in [1.29, 1.82) is 0 Å². The summed E-state index contributed by atoms with van der Waals surface area (Å²) in [7, 11) is 0.651. The Morgan fingerprint density at radius 3 is 2.37 bits per heavy atom. The van der Waals surface area contributed by atoms with E-state index < -0.39 is 16.1 Å². The molecule has 1 atom stereocenters. The predicted molar refractivity (Wildman–Crippen MR) is 111 cm³/mol. The Balaban J connectivity index is 1.74. The Labute approximate surface area is 176 Å². The van der Waals surface area contributed by atoms with E-state index >= 15 is 0 Å². The molecule has 0 aliphatic carbocycles. The second kappa shape index (κ2) is 9.36. The fraction of sp³-hybridized carbons (Fsp3) is 0.381. The fourth-order valence-corrected chi connectivity index (χ4v) is 5.13. The van der Waals surface area contributed by atoms with Crippen LogP contribution in [-0.4, -0.2) is 52.5 Å². The monoisotopic (exact) mass is 434 g/mol. The lowest BCUT2D eigenvalue weighted by molar-refractivity contribution is -0.124. The summed E-state index contributed by atoms with van der Waals surface area (Å²) in [5.74, 6) is 1.17. The van der Waals surface area contributed by atoms with Gasteiger partial charge in [-0.2, -0.15) is 4.31 Å². The van der Waals surface area contributed by atoms with Gasteiger partial charge in [-0.3, -0.25) is 4.79 Å². The van der Waals surface area contributed by atoms with E-state index in [4.69, 9.17) is 14.2 Å². The quantitative estimate of drug-likeness (QED) is 0.685. The molecule has 0 aromatic heterocycles. The van der Waals surface area contributed by atoms with Gasteiger partial charge in [0.25, 0.3) is 0 Å². The van der Waals surface area contributed by atoms with Crippen molar-refractivity contribution < 1.29 is 27.4 Å². The molecule has 1 N–H and O–H groups in total. The van der Waals surface area contributed by atoms with E-state index in [1.165, 1.54) is 30.7 Å². The second-order valence-electron chi connectivity index (χ2n) is 6.86. The van der Waals surface area contributed by atoms with Crippen LogP contribution in [0.15, 0.2) is 47.4 Å². The van der Waals surface area contributed by atoms with Crippen LogP contribution in [0.3, 0.4) is 0 Å². The van der Waals surface area contributed by atoms with Gasteiger partial charge >= 0.3 is 0 Å². The van der Waals surface area contributed by atoms with Crippen LogP contribution in [0.2, 0.25) is 0 Å². The highest BCUT2D eigenvalue weighted by Gasteiger charge is 2.39. The topological polar surface area (TPSA) is 94.2 Å². The number of hydrogen-bond donors (Lipinski definition) is 1. The third-order valence-corrected chi connectivity index (χ3v) is 7.00. The number of carbonyl (C=O) groups is 1. The van der Waals surface area contributed by atoms with Crippen LogP contribution in [0.25, 0.3) is 0 Å². The molecule has 162 valence electrons. The Hall–Kier alpha value is -2.78.